The summed E-state index contributed by atoms with van der Waals surface area (Å²) in [5.41, 5.74) is 3.36. The minimum atomic E-state index is -0.513. The molecule has 0 fully saturated rings. The number of hydrogen-bond acceptors (Lipinski definition) is 3. The molecule has 2 atom stereocenters. The highest BCUT2D eigenvalue weighted by Crippen LogP contribution is 2.20. The number of aryl methyl sites for hydroxylation is 1. The number of amides is 2. The SMILES string of the molecule is CC[C@H](C(=O)N[C@@H](C)CC)N(Cc1cccc(OC)c1)C(=O)CCc1ccc(C(C)C)cc1. The topological polar surface area (TPSA) is 58.6 Å². The Hall–Kier alpha value is -2.82. The maximum atomic E-state index is 13.4. The van der Waals surface area contributed by atoms with Gasteiger partial charge in [-0.25, -0.2) is 0 Å². The van der Waals surface area contributed by atoms with Gasteiger partial charge in [-0.3, -0.25) is 9.59 Å². The molecule has 2 aromatic carbocycles. The second kappa shape index (κ2) is 13.0. The molecule has 2 rings (SSSR count). The van der Waals surface area contributed by atoms with Gasteiger partial charge in [-0.15, -0.1) is 0 Å². The van der Waals surface area contributed by atoms with E-state index in [1.165, 1.54) is 5.56 Å². The molecule has 0 aliphatic heterocycles. The van der Waals surface area contributed by atoms with Crippen molar-refractivity contribution in [2.75, 3.05) is 7.11 Å². The molecule has 0 bridgehead atoms. The van der Waals surface area contributed by atoms with E-state index in [1.807, 2.05) is 45.0 Å². The third-order valence-electron chi connectivity index (χ3n) is 6.15. The van der Waals surface area contributed by atoms with Gasteiger partial charge in [-0.2, -0.15) is 0 Å². The zero-order valence-electron chi connectivity index (χ0n) is 21.1. The van der Waals surface area contributed by atoms with Crippen LogP contribution in [-0.2, 0) is 22.6 Å². The lowest BCUT2D eigenvalue weighted by atomic mass is 10.00. The monoisotopic (exact) mass is 452 g/mol. The molecule has 0 saturated carbocycles. The van der Waals surface area contributed by atoms with E-state index in [2.05, 4.69) is 43.4 Å². The molecule has 0 aromatic heterocycles. The van der Waals surface area contributed by atoms with Gasteiger partial charge in [0.05, 0.1) is 7.11 Å². The van der Waals surface area contributed by atoms with Crippen LogP contribution in [0.25, 0.3) is 0 Å². The predicted octanol–water partition coefficient (Wildman–Crippen LogP) is 5.47. The lowest BCUT2D eigenvalue weighted by molar-refractivity contribution is -0.141. The molecule has 0 radical (unpaired) electrons. The predicted molar refractivity (Wildman–Crippen MR) is 134 cm³/mol. The van der Waals surface area contributed by atoms with Crippen molar-refractivity contribution in [2.45, 2.75) is 84.8 Å². The minimum absolute atomic E-state index is 0.0168. The Kier molecular flexibility index (Phi) is 10.4. The molecule has 2 amide bonds. The summed E-state index contributed by atoms with van der Waals surface area (Å²) >= 11 is 0. The Morgan fingerprint density at radius 1 is 0.970 bits per heavy atom. The largest absolute Gasteiger partial charge is 0.497 e. The number of hydrogen-bond donors (Lipinski definition) is 1. The van der Waals surface area contributed by atoms with E-state index in [0.29, 0.717) is 31.7 Å². The highest BCUT2D eigenvalue weighted by molar-refractivity contribution is 5.88. The minimum Gasteiger partial charge on any atom is -0.497 e. The van der Waals surface area contributed by atoms with Gasteiger partial charge in [-0.05, 0) is 60.9 Å². The molecule has 5 heteroatoms. The van der Waals surface area contributed by atoms with Crippen molar-refractivity contribution in [3.8, 4) is 5.75 Å². The zero-order valence-corrected chi connectivity index (χ0v) is 21.1. The molecule has 5 nitrogen and oxygen atoms in total. The van der Waals surface area contributed by atoms with Crippen molar-refractivity contribution < 1.29 is 14.3 Å². The second-order valence-electron chi connectivity index (χ2n) is 9.01. The first-order valence-corrected chi connectivity index (χ1v) is 12.1. The first-order chi connectivity index (χ1) is 15.8. The van der Waals surface area contributed by atoms with Gasteiger partial charge in [0.15, 0.2) is 0 Å². The number of methoxy groups -OCH3 is 1. The van der Waals surface area contributed by atoms with Gasteiger partial charge in [0.1, 0.15) is 11.8 Å². The third-order valence-corrected chi connectivity index (χ3v) is 6.15. The van der Waals surface area contributed by atoms with Gasteiger partial charge in [0.2, 0.25) is 11.8 Å². The normalized spacial score (nSPS) is 12.8. The molecule has 180 valence electrons. The Balaban J connectivity index is 2.21. The second-order valence-corrected chi connectivity index (χ2v) is 9.01. The van der Waals surface area contributed by atoms with Gasteiger partial charge < -0.3 is 15.0 Å². The summed E-state index contributed by atoms with van der Waals surface area (Å²) in [6, 6.07) is 15.7. The maximum Gasteiger partial charge on any atom is 0.243 e. The molecule has 0 saturated heterocycles. The van der Waals surface area contributed by atoms with Crippen molar-refractivity contribution in [1.82, 2.24) is 10.2 Å². The van der Waals surface area contributed by atoms with Crippen molar-refractivity contribution in [1.29, 1.82) is 0 Å². The Bertz CT molecular complexity index is 892. The molecular weight excluding hydrogens is 412 g/mol. The molecule has 0 aliphatic rings. The van der Waals surface area contributed by atoms with Crippen molar-refractivity contribution in [3.05, 3.63) is 65.2 Å². The number of carbonyl (C=O) groups excluding carboxylic acids is 2. The van der Waals surface area contributed by atoms with Crippen molar-refractivity contribution >= 4 is 11.8 Å². The number of nitrogens with zero attached hydrogens (tertiary/aromatic N) is 1. The average molecular weight is 453 g/mol. The van der Waals surface area contributed by atoms with Gasteiger partial charge in [0, 0.05) is 19.0 Å². The fourth-order valence-electron chi connectivity index (χ4n) is 3.79. The first kappa shape index (κ1) is 26.4. The van der Waals surface area contributed by atoms with Crippen molar-refractivity contribution in [3.63, 3.8) is 0 Å². The van der Waals surface area contributed by atoms with Gasteiger partial charge in [-0.1, -0.05) is 64.1 Å². The Morgan fingerprint density at radius 2 is 1.67 bits per heavy atom. The highest BCUT2D eigenvalue weighted by atomic mass is 16.5. The van der Waals surface area contributed by atoms with E-state index in [1.54, 1.807) is 12.0 Å². The molecule has 0 unspecified atom stereocenters. The lowest BCUT2D eigenvalue weighted by Gasteiger charge is -2.31. The van der Waals surface area contributed by atoms with E-state index >= 15 is 0 Å². The molecular formula is C28H40N2O3. The summed E-state index contributed by atoms with van der Waals surface area (Å²) in [6.45, 7) is 10.7. The summed E-state index contributed by atoms with van der Waals surface area (Å²) in [6.07, 6.45) is 2.41. The zero-order chi connectivity index (χ0) is 24.4. The van der Waals surface area contributed by atoms with Crippen LogP contribution in [0.4, 0.5) is 0 Å². The molecule has 0 heterocycles. The van der Waals surface area contributed by atoms with E-state index in [-0.39, 0.29) is 17.9 Å². The third kappa shape index (κ3) is 7.92. The summed E-state index contributed by atoms with van der Waals surface area (Å²) in [4.78, 5) is 28.2. The summed E-state index contributed by atoms with van der Waals surface area (Å²) in [5, 5.41) is 3.06. The van der Waals surface area contributed by atoms with E-state index in [4.69, 9.17) is 4.74 Å². The number of nitrogens with one attached hydrogen (secondary N) is 1. The van der Waals surface area contributed by atoms with Crippen LogP contribution in [0.3, 0.4) is 0 Å². The standard InChI is InChI=1S/C28H40N2O3/c1-7-21(5)29-28(32)26(8-2)30(19-23-10-9-11-25(18-23)33-6)27(31)17-14-22-12-15-24(16-13-22)20(3)4/h9-13,15-16,18,20-21,26H,7-8,14,17,19H2,1-6H3,(H,29,32)/t21-,26+/m0/s1. The molecule has 33 heavy (non-hydrogen) atoms. The Morgan fingerprint density at radius 3 is 2.24 bits per heavy atom. The van der Waals surface area contributed by atoms with Crippen LogP contribution in [0.1, 0.15) is 76.5 Å². The van der Waals surface area contributed by atoms with Crippen LogP contribution in [-0.4, -0.2) is 35.9 Å². The van der Waals surface area contributed by atoms with Crippen LogP contribution >= 0.6 is 0 Å². The molecule has 1 N–H and O–H groups in total. The van der Waals surface area contributed by atoms with Crippen LogP contribution in [0.2, 0.25) is 0 Å². The van der Waals surface area contributed by atoms with E-state index < -0.39 is 6.04 Å². The Labute approximate surface area is 199 Å². The van der Waals surface area contributed by atoms with Gasteiger partial charge in [0.25, 0.3) is 0 Å². The molecule has 2 aromatic rings. The fourth-order valence-corrected chi connectivity index (χ4v) is 3.79. The van der Waals surface area contributed by atoms with Gasteiger partial charge >= 0.3 is 0 Å². The molecule has 0 spiro atoms. The maximum absolute atomic E-state index is 13.4. The van der Waals surface area contributed by atoms with Crippen LogP contribution < -0.4 is 10.1 Å². The summed E-state index contributed by atoms with van der Waals surface area (Å²) in [5.74, 6) is 1.11. The smallest absolute Gasteiger partial charge is 0.243 e. The number of benzene rings is 2. The number of ether oxygens (including phenoxy) is 1. The number of rotatable bonds is 12. The van der Waals surface area contributed by atoms with Crippen LogP contribution in [0.5, 0.6) is 5.75 Å². The van der Waals surface area contributed by atoms with E-state index in [9.17, 15) is 9.59 Å². The van der Waals surface area contributed by atoms with Crippen LogP contribution in [0.15, 0.2) is 48.5 Å². The summed E-state index contributed by atoms with van der Waals surface area (Å²) in [7, 11) is 1.63. The number of carbonyl (C=O) groups is 2. The van der Waals surface area contributed by atoms with E-state index in [0.717, 1.165) is 23.3 Å². The molecule has 0 aliphatic carbocycles. The summed E-state index contributed by atoms with van der Waals surface area (Å²) < 4.78 is 5.35. The fraction of sp³-hybridized carbons (Fsp3) is 0.500. The highest BCUT2D eigenvalue weighted by Gasteiger charge is 2.29. The quantitative estimate of drug-likeness (QED) is 0.464. The van der Waals surface area contributed by atoms with Crippen LogP contribution in [0, 0.1) is 0 Å². The average Bonchev–Trinajstić information content (AvgIpc) is 2.82. The first-order valence-electron chi connectivity index (χ1n) is 12.1. The lowest BCUT2D eigenvalue weighted by Crippen LogP contribution is -2.50. The van der Waals surface area contributed by atoms with Crippen molar-refractivity contribution in [2.24, 2.45) is 0 Å².